The van der Waals surface area contributed by atoms with Gasteiger partial charge in [0.05, 0.1) is 18.8 Å². The standard InChI is InChI=1S/C14H18FNO3/c1-11(10-16-6-8-18-9-7-16)19-14(17)12-2-4-13(15)5-3-12/h2-5,11H,6-10H2,1H3/p+1/t11-/m1/s1. The van der Waals surface area contributed by atoms with Gasteiger partial charge in [0.2, 0.25) is 0 Å². The second kappa shape index (κ2) is 6.63. The van der Waals surface area contributed by atoms with Crippen LogP contribution < -0.4 is 4.90 Å². The Hall–Kier alpha value is -1.46. The number of morpholine rings is 1. The van der Waals surface area contributed by atoms with Gasteiger partial charge in [0.25, 0.3) is 0 Å². The molecule has 0 spiro atoms. The van der Waals surface area contributed by atoms with Crippen molar-refractivity contribution >= 4 is 5.97 Å². The molecule has 1 saturated heterocycles. The molecule has 0 aromatic heterocycles. The molecule has 2 rings (SSSR count). The topological polar surface area (TPSA) is 40.0 Å². The van der Waals surface area contributed by atoms with E-state index in [1.165, 1.54) is 29.2 Å². The molecule has 1 aromatic carbocycles. The molecule has 1 heterocycles. The van der Waals surface area contributed by atoms with Gasteiger partial charge in [0.1, 0.15) is 31.6 Å². The van der Waals surface area contributed by atoms with Crippen molar-refractivity contribution < 1.29 is 23.6 Å². The third-order valence-corrected chi connectivity index (χ3v) is 3.16. The van der Waals surface area contributed by atoms with E-state index in [1.54, 1.807) is 0 Å². The third-order valence-electron chi connectivity index (χ3n) is 3.16. The zero-order valence-corrected chi connectivity index (χ0v) is 11.0. The number of carbonyl (C=O) groups excluding carboxylic acids is 1. The van der Waals surface area contributed by atoms with Crippen molar-refractivity contribution in [2.45, 2.75) is 13.0 Å². The SMILES string of the molecule is C[C@H](C[NH+]1CCOCC1)OC(=O)c1ccc(F)cc1. The quantitative estimate of drug-likeness (QED) is 0.798. The molecule has 4 nitrogen and oxygen atoms in total. The fourth-order valence-electron chi connectivity index (χ4n) is 2.15. The van der Waals surface area contributed by atoms with E-state index in [0.717, 1.165) is 32.8 Å². The normalized spacial score (nSPS) is 18.0. The van der Waals surface area contributed by atoms with E-state index in [2.05, 4.69) is 0 Å². The molecular weight excluding hydrogens is 249 g/mol. The van der Waals surface area contributed by atoms with Crippen LogP contribution in [0.1, 0.15) is 17.3 Å². The van der Waals surface area contributed by atoms with Crippen molar-refractivity contribution in [2.75, 3.05) is 32.8 Å². The molecule has 0 saturated carbocycles. The number of nitrogens with one attached hydrogen (secondary N) is 1. The first-order valence-corrected chi connectivity index (χ1v) is 6.53. The second-order valence-electron chi connectivity index (χ2n) is 4.79. The van der Waals surface area contributed by atoms with E-state index in [1.807, 2.05) is 6.92 Å². The number of carbonyl (C=O) groups is 1. The van der Waals surface area contributed by atoms with Crippen LogP contribution in [-0.2, 0) is 9.47 Å². The van der Waals surface area contributed by atoms with Crippen LogP contribution in [0.4, 0.5) is 4.39 Å². The Kier molecular flexibility index (Phi) is 4.87. The Labute approximate surface area is 112 Å². The summed E-state index contributed by atoms with van der Waals surface area (Å²) < 4.78 is 23.4. The first-order chi connectivity index (χ1) is 9.15. The number of hydrogen-bond acceptors (Lipinski definition) is 3. The Morgan fingerprint density at radius 2 is 2.00 bits per heavy atom. The van der Waals surface area contributed by atoms with Crippen molar-refractivity contribution in [3.8, 4) is 0 Å². The van der Waals surface area contributed by atoms with Crippen molar-refractivity contribution in [1.29, 1.82) is 0 Å². The minimum Gasteiger partial charge on any atom is -0.453 e. The molecule has 1 atom stereocenters. The minimum atomic E-state index is -0.403. The summed E-state index contributed by atoms with van der Waals surface area (Å²) in [7, 11) is 0. The molecule has 0 unspecified atom stereocenters. The van der Waals surface area contributed by atoms with E-state index >= 15 is 0 Å². The van der Waals surface area contributed by atoms with Gasteiger partial charge in [-0.2, -0.15) is 0 Å². The van der Waals surface area contributed by atoms with Crippen molar-refractivity contribution in [3.63, 3.8) is 0 Å². The Morgan fingerprint density at radius 1 is 1.37 bits per heavy atom. The average Bonchev–Trinajstić information content (AvgIpc) is 2.40. The fraction of sp³-hybridized carbons (Fsp3) is 0.500. The summed E-state index contributed by atoms with van der Waals surface area (Å²) in [4.78, 5) is 13.2. The van der Waals surface area contributed by atoms with Gasteiger partial charge < -0.3 is 14.4 Å². The van der Waals surface area contributed by atoms with Crippen LogP contribution in [0.15, 0.2) is 24.3 Å². The smallest absolute Gasteiger partial charge is 0.338 e. The molecular formula is C14H19FNO3+. The van der Waals surface area contributed by atoms with Crippen LogP contribution in [0.5, 0.6) is 0 Å². The summed E-state index contributed by atoms with van der Waals surface area (Å²) in [5.74, 6) is -0.762. The van der Waals surface area contributed by atoms with Gasteiger partial charge in [-0.3, -0.25) is 0 Å². The maximum absolute atomic E-state index is 12.8. The van der Waals surface area contributed by atoms with Gasteiger partial charge in [-0.1, -0.05) is 0 Å². The van der Waals surface area contributed by atoms with Crippen LogP contribution in [0, 0.1) is 5.82 Å². The number of ether oxygens (including phenoxy) is 2. The maximum Gasteiger partial charge on any atom is 0.338 e. The van der Waals surface area contributed by atoms with Crippen molar-refractivity contribution in [2.24, 2.45) is 0 Å². The fourth-order valence-corrected chi connectivity index (χ4v) is 2.15. The lowest BCUT2D eigenvalue weighted by Crippen LogP contribution is -3.15. The van der Waals surface area contributed by atoms with E-state index in [-0.39, 0.29) is 11.9 Å². The van der Waals surface area contributed by atoms with Gasteiger partial charge in [-0.05, 0) is 31.2 Å². The summed E-state index contributed by atoms with van der Waals surface area (Å²) in [5.41, 5.74) is 0.380. The number of esters is 1. The van der Waals surface area contributed by atoms with Crippen LogP contribution in [0.3, 0.4) is 0 Å². The van der Waals surface area contributed by atoms with Gasteiger partial charge >= 0.3 is 5.97 Å². The number of quaternary nitrogens is 1. The van der Waals surface area contributed by atoms with Crippen LogP contribution >= 0.6 is 0 Å². The predicted octanol–water partition coefficient (Wildman–Crippen LogP) is 0.286. The molecule has 1 aromatic rings. The zero-order valence-electron chi connectivity index (χ0n) is 11.0. The van der Waals surface area contributed by atoms with Crippen LogP contribution in [0.25, 0.3) is 0 Å². The largest absolute Gasteiger partial charge is 0.453 e. The molecule has 0 radical (unpaired) electrons. The molecule has 1 aliphatic rings. The summed E-state index contributed by atoms with van der Waals surface area (Å²) in [5, 5.41) is 0. The third kappa shape index (κ3) is 4.29. The molecule has 1 N–H and O–H groups in total. The molecule has 1 fully saturated rings. The number of hydrogen-bond donors (Lipinski definition) is 1. The lowest BCUT2D eigenvalue weighted by atomic mass is 10.2. The summed E-state index contributed by atoms with van der Waals surface area (Å²) in [6, 6.07) is 5.39. The minimum absolute atomic E-state index is 0.161. The molecule has 5 heteroatoms. The Morgan fingerprint density at radius 3 is 2.63 bits per heavy atom. The predicted molar refractivity (Wildman–Crippen MR) is 67.7 cm³/mol. The molecule has 19 heavy (non-hydrogen) atoms. The molecule has 0 aliphatic carbocycles. The summed E-state index contributed by atoms with van der Waals surface area (Å²) in [6.07, 6.45) is -0.161. The average molecular weight is 268 g/mol. The lowest BCUT2D eigenvalue weighted by Gasteiger charge is -2.26. The van der Waals surface area contributed by atoms with Crippen molar-refractivity contribution in [1.82, 2.24) is 0 Å². The van der Waals surface area contributed by atoms with Gasteiger partial charge in [-0.15, -0.1) is 0 Å². The van der Waals surface area contributed by atoms with E-state index in [4.69, 9.17) is 9.47 Å². The molecule has 1 aliphatic heterocycles. The van der Waals surface area contributed by atoms with Crippen LogP contribution in [0.2, 0.25) is 0 Å². The lowest BCUT2D eigenvalue weighted by molar-refractivity contribution is -0.910. The van der Waals surface area contributed by atoms with Crippen LogP contribution in [-0.4, -0.2) is 44.9 Å². The Bertz CT molecular complexity index is 415. The highest BCUT2D eigenvalue weighted by Gasteiger charge is 2.20. The van der Waals surface area contributed by atoms with Gasteiger partial charge in [0, 0.05) is 0 Å². The second-order valence-corrected chi connectivity index (χ2v) is 4.79. The zero-order chi connectivity index (χ0) is 13.7. The number of rotatable bonds is 4. The monoisotopic (exact) mass is 268 g/mol. The first-order valence-electron chi connectivity index (χ1n) is 6.53. The number of benzene rings is 1. The highest BCUT2D eigenvalue weighted by molar-refractivity contribution is 5.89. The highest BCUT2D eigenvalue weighted by atomic mass is 19.1. The summed E-state index contributed by atoms with van der Waals surface area (Å²) >= 11 is 0. The van der Waals surface area contributed by atoms with E-state index < -0.39 is 5.97 Å². The molecule has 0 amide bonds. The molecule has 104 valence electrons. The maximum atomic E-state index is 12.8. The molecule has 0 bridgehead atoms. The van der Waals surface area contributed by atoms with Crippen molar-refractivity contribution in [3.05, 3.63) is 35.6 Å². The Balaban J connectivity index is 1.82. The van der Waals surface area contributed by atoms with E-state index in [9.17, 15) is 9.18 Å². The summed E-state index contributed by atoms with van der Waals surface area (Å²) in [6.45, 7) is 6.05. The van der Waals surface area contributed by atoms with E-state index in [0.29, 0.717) is 5.56 Å². The van der Waals surface area contributed by atoms with Gasteiger partial charge in [-0.25, -0.2) is 9.18 Å². The number of halogens is 1. The highest BCUT2D eigenvalue weighted by Crippen LogP contribution is 2.05. The van der Waals surface area contributed by atoms with Gasteiger partial charge in [0.15, 0.2) is 0 Å². The first kappa shape index (κ1) is 14.0.